The van der Waals surface area contributed by atoms with Crippen LogP contribution in [-0.4, -0.2) is 17.1 Å². The van der Waals surface area contributed by atoms with Crippen molar-refractivity contribution in [3.8, 4) is 16.9 Å². The minimum absolute atomic E-state index is 0.0991. The first-order valence-electron chi connectivity index (χ1n) is 8.62. The van der Waals surface area contributed by atoms with Gasteiger partial charge in [-0.05, 0) is 23.8 Å². The molecule has 0 N–H and O–H groups in total. The Bertz CT molecular complexity index is 1160. The number of benzene rings is 3. The molecule has 0 bridgehead atoms. The van der Waals surface area contributed by atoms with Crippen LogP contribution in [0.1, 0.15) is 0 Å². The molecule has 27 heavy (non-hydrogen) atoms. The van der Waals surface area contributed by atoms with Gasteiger partial charge in [0, 0.05) is 12.6 Å². The van der Waals surface area contributed by atoms with Crippen molar-refractivity contribution in [2.75, 3.05) is 6.61 Å². The molecular formula is C22H18N2O2S. The Labute approximate surface area is 161 Å². The number of rotatable bonds is 4. The number of ether oxygens (including phenoxy) is 1. The largest absolute Gasteiger partial charge is 0.483 e. The summed E-state index contributed by atoms with van der Waals surface area (Å²) in [7, 11) is 1.91. The molecule has 0 saturated carbocycles. The maximum atomic E-state index is 12.4. The summed E-state index contributed by atoms with van der Waals surface area (Å²) in [5.41, 5.74) is 3.07. The van der Waals surface area contributed by atoms with Crippen LogP contribution in [0.3, 0.4) is 0 Å². The van der Waals surface area contributed by atoms with E-state index in [1.165, 1.54) is 11.3 Å². The smallest absolute Gasteiger partial charge is 0.286 e. The van der Waals surface area contributed by atoms with Crippen molar-refractivity contribution in [2.45, 2.75) is 0 Å². The molecule has 1 amide bonds. The van der Waals surface area contributed by atoms with Crippen LogP contribution in [0.25, 0.3) is 21.3 Å². The van der Waals surface area contributed by atoms with Gasteiger partial charge in [0.15, 0.2) is 11.4 Å². The van der Waals surface area contributed by atoms with Gasteiger partial charge in [0.05, 0.1) is 10.2 Å². The number of thiazole rings is 1. The molecule has 5 heteroatoms. The number of hydrogen-bond donors (Lipinski definition) is 0. The Morgan fingerprint density at radius 1 is 0.963 bits per heavy atom. The van der Waals surface area contributed by atoms with Gasteiger partial charge in [-0.1, -0.05) is 72.0 Å². The summed E-state index contributed by atoms with van der Waals surface area (Å²) in [6.45, 7) is -0.0991. The monoisotopic (exact) mass is 374 g/mol. The zero-order valence-corrected chi connectivity index (χ0v) is 15.6. The van der Waals surface area contributed by atoms with Crippen molar-refractivity contribution in [2.24, 2.45) is 12.0 Å². The minimum atomic E-state index is -0.306. The van der Waals surface area contributed by atoms with Gasteiger partial charge in [0.2, 0.25) is 0 Å². The van der Waals surface area contributed by atoms with Gasteiger partial charge < -0.3 is 9.30 Å². The third-order valence-corrected chi connectivity index (χ3v) is 5.37. The predicted octanol–water partition coefficient (Wildman–Crippen LogP) is 4.41. The average molecular weight is 374 g/mol. The fourth-order valence-corrected chi connectivity index (χ4v) is 3.95. The summed E-state index contributed by atoms with van der Waals surface area (Å²) < 4.78 is 8.82. The zero-order chi connectivity index (χ0) is 18.6. The van der Waals surface area contributed by atoms with E-state index in [9.17, 15) is 4.79 Å². The number of nitrogens with zero attached hydrogens (tertiary/aromatic N) is 2. The Hall–Kier alpha value is -3.18. The van der Waals surface area contributed by atoms with Crippen molar-refractivity contribution < 1.29 is 9.53 Å². The van der Waals surface area contributed by atoms with Crippen LogP contribution in [0.5, 0.6) is 5.75 Å². The van der Waals surface area contributed by atoms with E-state index in [0.717, 1.165) is 21.3 Å². The molecule has 0 radical (unpaired) electrons. The van der Waals surface area contributed by atoms with Crippen molar-refractivity contribution >= 4 is 27.5 Å². The standard InChI is InChI=1S/C22H18N2O2S/c1-24-18-12-6-8-14-20(18)27-22(24)23-21(25)15-26-19-13-7-5-11-17(19)16-9-3-2-4-10-16/h2-14H,15H2,1H3. The molecule has 0 saturated heterocycles. The minimum Gasteiger partial charge on any atom is -0.483 e. The van der Waals surface area contributed by atoms with E-state index in [0.29, 0.717) is 10.6 Å². The number of carbonyl (C=O) groups excluding carboxylic acids is 1. The predicted molar refractivity (Wildman–Crippen MR) is 109 cm³/mol. The number of aryl methyl sites for hydroxylation is 1. The van der Waals surface area contributed by atoms with Gasteiger partial charge in [-0.3, -0.25) is 4.79 Å². The number of hydrogen-bond acceptors (Lipinski definition) is 3. The molecule has 0 aliphatic rings. The molecule has 4 aromatic rings. The number of carbonyl (C=O) groups is 1. The molecule has 3 aromatic carbocycles. The van der Waals surface area contributed by atoms with Crippen LogP contribution in [0, 0.1) is 0 Å². The van der Waals surface area contributed by atoms with E-state index in [1.807, 2.05) is 90.5 Å². The summed E-state index contributed by atoms with van der Waals surface area (Å²) in [5, 5.41) is 0. The summed E-state index contributed by atoms with van der Waals surface area (Å²) in [4.78, 5) is 17.3. The highest BCUT2D eigenvalue weighted by Crippen LogP contribution is 2.29. The molecule has 0 unspecified atom stereocenters. The maximum Gasteiger partial charge on any atom is 0.286 e. The van der Waals surface area contributed by atoms with Gasteiger partial charge in [-0.2, -0.15) is 4.99 Å². The van der Waals surface area contributed by atoms with Crippen LogP contribution in [0.4, 0.5) is 0 Å². The maximum absolute atomic E-state index is 12.4. The highest BCUT2D eigenvalue weighted by atomic mass is 32.1. The van der Waals surface area contributed by atoms with E-state index in [4.69, 9.17) is 4.74 Å². The molecule has 0 spiro atoms. The van der Waals surface area contributed by atoms with E-state index in [1.54, 1.807) is 0 Å². The molecule has 0 aliphatic heterocycles. The topological polar surface area (TPSA) is 43.6 Å². The van der Waals surface area contributed by atoms with E-state index in [2.05, 4.69) is 4.99 Å². The number of aromatic nitrogens is 1. The van der Waals surface area contributed by atoms with Crippen molar-refractivity contribution in [1.82, 2.24) is 4.57 Å². The molecule has 4 nitrogen and oxygen atoms in total. The second-order valence-corrected chi connectivity index (χ2v) is 7.08. The van der Waals surface area contributed by atoms with Crippen LogP contribution in [0.2, 0.25) is 0 Å². The SMILES string of the molecule is Cn1c(=NC(=O)COc2ccccc2-c2ccccc2)sc2ccccc21. The lowest BCUT2D eigenvalue weighted by molar-refractivity contribution is -0.120. The van der Waals surface area contributed by atoms with Gasteiger partial charge in [-0.15, -0.1) is 0 Å². The van der Waals surface area contributed by atoms with Gasteiger partial charge in [-0.25, -0.2) is 0 Å². The second-order valence-electron chi connectivity index (χ2n) is 6.07. The van der Waals surface area contributed by atoms with Crippen LogP contribution in [-0.2, 0) is 11.8 Å². The number of para-hydroxylation sites is 2. The summed E-state index contributed by atoms with van der Waals surface area (Å²) in [6.07, 6.45) is 0. The lowest BCUT2D eigenvalue weighted by Crippen LogP contribution is -2.17. The molecule has 0 atom stereocenters. The van der Waals surface area contributed by atoms with Crippen LogP contribution in [0.15, 0.2) is 83.9 Å². The van der Waals surface area contributed by atoms with Crippen molar-refractivity contribution in [1.29, 1.82) is 0 Å². The summed E-state index contributed by atoms with van der Waals surface area (Å²) in [6, 6.07) is 25.7. The highest BCUT2D eigenvalue weighted by molar-refractivity contribution is 7.16. The van der Waals surface area contributed by atoms with Crippen LogP contribution >= 0.6 is 11.3 Å². The Kier molecular flexibility index (Phi) is 4.85. The third kappa shape index (κ3) is 3.68. The van der Waals surface area contributed by atoms with Crippen molar-refractivity contribution in [3.63, 3.8) is 0 Å². The van der Waals surface area contributed by atoms with Gasteiger partial charge in [0.25, 0.3) is 5.91 Å². The molecule has 4 rings (SSSR count). The molecule has 0 fully saturated rings. The normalized spacial score (nSPS) is 11.7. The number of fused-ring (bicyclic) bond motifs is 1. The molecular weight excluding hydrogens is 356 g/mol. The van der Waals surface area contributed by atoms with Crippen molar-refractivity contribution in [3.05, 3.63) is 83.7 Å². The first-order chi connectivity index (χ1) is 13.2. The average Bonchev–Trinajstić information content (AvgIpc) is 3.03. The van der Waals surface area contributed by atoms with E-state index < -0.39 is 0 Å². The first-order valence-corrected chi connectivity index (χ1v) is 9.43. The fraction of sp³-hybridized carbons (Fsp3) is 0.0909. The Morgan fingerprint density at radius 2 is 1.67 bits per heavy atom. The number of amides is 1. The quantitative estimate of drug-likeness (QED) is 0.531. The van der Waals surface area contributed by atoms with Crippen LogP contribution < -0.4 is 9.54 Å². The Balaban J connectivity index is 1.56. The van der Waals surface area contributed by atoms with E-state index in [-0.39, 0.29) is 12.5 Å². The molecule has 134 valence electrons. The molecule has 0 aliphatic carbocycles. The molecule has 1 heterocycles. The highest BCUT2D eigenvalue weighted by Gasteiger charge is 2.09. The summed E-state index contributed by atoms with van der Waals surface area (Å²) in [5.74, 6) is 0.369. The molecule has 1 aromatic heterocycles. The fourth-order valence-electron chi connectivity index (χ4n) is 2.92. The van der Waals surface area contributed by atoms with Gasteiger partial charge >= 0.3 is 0 Å². The summed E-state index contributed by atoms with van der Waals surface area (Å²) >= 11 is 1.49. The van der Waals surface area contributed by atoms with Gasteiger partial charge in [0.1, 0.15) is 5.75 Å². The Morgan fingerprint density at radius 3 is 2.48 bits per heavy atom. The lowest BCUT2D eigenvalue weighted by atomic mass is 10.1. The lowest BCUT2D eigenvalue weighted by Gasteiger charge is -2.10. The first kappa shape index (κ1) is 17.2. The van der Waals surface area contributed by atoms with E-state index >= 15 is 0 Å². The third-order valence-electron chi connectivity index (χ3n) is 4.26. The second kappa shape index (κ2) is 7.60. The zero-order valence-electron chi connectivity index (χ0n) is 14.8.